The summed E-state index contributed by atoms with van der Waals surface area (Å²) in [5.74, 6) is 1.86. The van der Waals surface area contributed by atoms with Crippen LogP contribution >= 0.6 is 11.6 Å². The highest BCUT2D eigenvalue weighted by Crippen LogP contribution is 2.33. The van der Waals surface area contributed by atoms with Crippen molar-refractivity contribution in [1.29, 1.82) is 0 Å². The fourth-order valence-electron chi connectivity index (χ4n) is 2.38. The molecule has 1 aliphatic carbocycles. The molecule has 0 saturated heterocycles. The van der Waals surface area contributed by atoms with E-state index in [1.54, 1.807) is 6.92 Å². The number of nitrogens with zero attached hydrogens (tertiary/aromatic N) is 2. The number of aryl methyl sites for hydroxylation is 1. The van der Waals surface area contributed by atoms with Crippen molar-refractivity contribution in [2.75, 3.05) is 5.73 Å². The molecule has 1 aliphatic rings. The van der Waals surface area contributed by atoms with Gasteiger partial charge in [0.25, 0.3) is 0 Å². The minimum Gasteiger partial charge on any atom is -0.473 e. The van der Waals surface area contributed by atoms with Gasteiger partial charge in [-0.05, 0) is 49.6 Å². The van der Waals surface area contributed by atoms with Crippen molar-refractivity contribution in [3.8, 4) is 5.88 Å². The van der Waals surface area contributed by atoms with Crippen LogP contribution in [0.4, 0.5) is 5.69 Å². The predicted molar refractivity (Wildman–Crippen MR) is 72.8 cm³/mol. The van der Waals surface area contributed by atoms with Gasteiger partial charge in [-0.1, -0.05) is 13.8 Å². The minimum absolute atomic E-state index is 0.184. The van der Waals surface area contributed by atoms with Gasteiger partial charge in [0, 0.05) is 0 Å². The van der Waals surface area contributed by atoms with E-state index in [4.69, 9.17) is 22.1 Å². The number of halogens is 1. The third kappa shape index (κ3) is 2.86. The summed E-state index contributed by atoms with van der Waals surface area (Å²) in [5, 5.41) is 0.189. The Hall–Kier alpha value is -1.03. The van der Waals surface area contributed by atoms with Crippen molar-refractivity contribution in [3.05, 3.63) is 11.0 Å². The second-order valence-corrected chi connectivity index (χ2v) is 5.64. The summed E-state index contributed by atoms with van der Waals surface area (Å²) < 4.78 is 5.91. The molecule has 0 spiro atoms. The molecule has 2 rings (SSSR count). The van der Waals surface area contributed by atoms with Crippen LogP contribution in [0.3, 0.4) is 0 Å². The van der Waals surface area contributed by atoms with E-state index in [-0.39, 0.29) is 11.4 Å². The zero-order valence-corrected chi connectivity index (χ0v) is 11.9. The summed E-state index contributed by atoms with van der Waals surface area (Å²) in [6, 6.07) is 0. The molecule has 1 heterocycles. The van der Waals surface area contributed by atoms with Crippen LogP contribution in [0.1, 0.15) is 38.8 Å². The molecule has 5 heteroatoms. The highest BCUT2D eigenvalue weighted by atomic mass is 35.5. The lowest BCUT2D eigenvalue weighted by Gasteiger charge is -2.32. The molecule has 3 unspecified atom stereocenters. The Bertz CT molecular complexity index is 438. The van der Waals surface area contributed by atoms with E-state index in [1.807, 2.05) is 0 Å². The Kier molecular flexibility index (Phi) is 3.95. The maximum atomic E-state index is 5.92. The summed E-state index contributed by atoms with van der Waals surface area (Å²) in [7, 11) is 0. The molecule has 4 nitrogen and oxygen atoms in total. The van der Waals surface area contributed by atoms with Gasteiger partial charge in [0.05, 0.1) is 5.69 Å². The van der Waals surface area contributed by atoms with Crippen LogP contribution < -0.4 is 10.5 Å². The monoisotopic (exact) mass is 269 g/mol. The van der Waals surface area contributed by atoms with E-state index in [1.165, 1.54) is 6.42 Å². The van der Waals surface area contributed by atoms with Crippen molar-refractivity contribution >= 4 is 17.3 Å². The third-order valence-corrected chi connectivity index (χ3v) is 4.07. The van der Waals surface area contributed by atoms with Gasteiger partial charge in [0.2, 0.25) is 11.2 Å². The van der Waals surface area contributed by atoms with Crippen LogP contribution in [0.15, 0.2) is 0 Å². The van der Waals surface area contributed by atoms with Gasteiger partial charge in [-0.3, -0.25) is 0 Å². The largest absolute Gasteiger partial charge is 0.473 e. The lowest BCUT2D eigenvalue weighted by Crippen LogP contribution is -2.29. The third-order valence-electron chi connectivity index (χ3n) is 3.90. The zero-order valence-electron chi connectivity index (χ0n) is 11.1. The number of hydrogen-bond acceptors (Lipinski definition) is 4. The summed E-state index contributed by atoms with van der Waals surface area (Å²) in [6.45, 7) is 6.37. The molecular formula is C13H20ClN3O. The minimum atomic E-state index is 0.184. The molecule has 2 N–H and O–H groups in total. The molecule has 1 aromatic heterocycles. The van der Waals surface area contributed by atoms with E-state index < -0.39 is 0 Å². The van der Waals surface area contributed by atoms with Crippen LogP contribution in [0.5, 0.6) is 5.88 Å². The SMILES string of the molecule is Cc1nc(Cl)nc(OC2CCC(C)C(C)C2)c1N. The molecule has 0 amide bonds. The van der Waals surface area contributed by atoms with Crippen molar-refractivity contribution in [2.45, 2.75) is 46.1 Å². The average Bonchev–Trinajstić information content (AvgIpc) is 2.30. The van der Waals surface area contributed by atoms with Crippen LogP contribution in [0.25, 0.3) is 0 Å². The van der Waals surface area contributed by atoms with Crippen LogP contribution in [0, 0.1) is 18.8 Å². The molecule has 1 saturated carbocycles. The topological polar surface area (TPSA) is 61.0 Å². The van der Waals surface area contributed by atoms with Gasteiger partial charge in [-0.25, -0.2) is 4.98 Å². The molecule has 0 aliphatic heterocycles. The molecule has 0 bridgehead atoms. The van der Waals surface area contributed by atoms with Gasteiger partial charge in [0.1, 0.15) is 11.8 Å². The normalized spacial score (nSPS) is 28.1. The first kappa shape index (κ1) is 13.4. The van der Waals surface area contributed by atoms with Crippen molar-refractivity contribution in [3.63, 3.8) is 0 Å². The number of anilines is 1. The van der Waals surface area contributed by atoms with Crippen LogP contribution in [-0.2, 0) is 0 Å². The maximum absolute atomic E-state index is 5.92. The molecule has 0 radical (unpaired) electrons. The first-order valence-corrected chi connectivity index (χ1v) is 6.81. The smallest absolute Gasteiger partial charge is 0.242 e. The molecule has 18 heavy (non-hydrogen) atoms. The van der Waals surface area contributed by atoms with Crippen LogP contribution in [-0.4, -0.2) is 16.1 Å². The number of nitrogen functional groups attached to an aromatic ring is 1. The highest BCUT2D eigenvalue weighted by Gasteiger charge is 2.26. The zero-order chi connectivity index (χ0) is 13.3. The molecule has 0 aromatic carbocycles. The first-order valence-electron chi connectivity index (χ1n) is 6.43. The van der Waals surface area contributed by atoms with Crippen molar-refractivity contribution < 1.29 is 4.74 Å². The Labute approximate surface area is 113 Å². The summed E-state index contributed by atoms with van der Waals surface area (Å²) >= 11 is 5.83. The van der Waals surface area contributed by atoms with Gasteiger partial charge < -0.3 is 10.5 Å². The Morgan fingerprint density at radius 3 is 2.61 bits per heavy atom. The van der Waals surface area contributed by atoms with Gasteiger partial charge in [0.15, 0.2) is 0 Å². The Balaban J connectivity index is 2.10. The quantitative estimate of drug-likeness (QED) is 0.838. The second kappa shape index (κ2) is 5.31. The van der Waals surface area contributed by atoms with E-state index >= 15 is 0 Å². The fraction of sp³-hybridized carbons (Fsp3) is 0.692. The van der Waals surface area contributed by atoms with Gasteiger partial charge in [-0.15, -0.1) is 0 Å². The number of ether oxygens (including phenoxy) is 1. The first-order chi connectivity index (χ1) is 8.47. The van der Waals surface area contributed by atoms with E-state index in [2.05, 4.69) is 23.8 Å². The van der Waals surface area contributed by atoms with E-state index in [0.29, 0.717) is 23.2 Å². The maximum Gasteiger partial charge on any atom is 0.242 e. The summed E-state index contributed by atoms with van der Waals surface area (Å²) in [6.07, 6.45) is 3.46. The molecule has 1 aromatic rings. The Morgan fingerprint density at radius 1 is 1.22 bits per heavy atom. The molecule has 3 atom stereocenters. The molecular weight excluding hydrogens is 250 g/mol. The van der Waals surface area contributed by atoms with Crippen molar-refractivity contribution in [2.24, 2.45) is 11.8 Å². The standard InChI is InChI=1S/C13H20ClN3O/c1-7-4-5-10(6-8(7)2)18-12-11(15)9(3)16-13(14)17-12/h7-8,10H,4-6,15H2,1-3H3. The summed E-state index contributed by atoms with van der Waals surface area (Å²) in [5.41, 5.74) is 7.08. The molecule has 100 valence electrons. The van der Waals surface area contributed by atoms with Crippen LogP contribution in [0.2, 0.25) is 5.28 Å². The summed E-state index contributed by atoms with van der Waals surface area (Å²) in [4.78, 5) is 8.08. The average molecular weight is 270 g/mol. The highest BCUT2D eigenvalue weighted by molar-refractivity contribution is 6.28. The number of nitrogens with two attached hydrogens (primary N) is 1. The Morgan fingerprint density at radius 2 is 1.94 bits per heavy atom. The van der Waals surface area contributed by atoms with Crippen molar-refractivity contribution in [1.82, 2.24) is 9.97 Å². The molecule has 1 fully saturated rings. The number of hydrogen-bond donors (Lipinski definition) is 1. The van der Waals surface area contributed by atoms with E-state index in [0.717, 1.165) is 18.8 Å². The lowest BCUT2D eigenvalue weighted by molar-refractivity contribution is 0.0970. The number of aromatic nitrogens is 2. The lowest BCUT2D eigenvalue weighted by atomic mass is 9.80. The van der Waals surface area contributed by atoms with Gasteiger partial charge in [-0.2, -0.15) is 4.98 Å². The second-order valence-electron chi connectivity index (χ2n) is 5.30. The number of rotatable bonds is 2. The fourth-order valence-corrected chi connectivity index (χ4v) is 2.58. The predicted octanol–water partition coefficient (Wildman–Crippen LogP) is 3.22. The van der Waals surface area contributed by atoms with Gasteiger partial charge >= 0.3 is 0 Å². The van der Waals surface area contributed by atoms with E-state index in [9.17, 15) is 0 Å².